The highest BCUT2D eigenvalue weighted by Gasteiger charge is 2.33. The topological polar surface area (TPSA) is 29.3 Å². The Morgan fingerprint density at radius 2 is 2.00 bits per heavy atom. The molecular formula is C18H28N2. The van der Waals surface area contributed by atoms with E-state index in [-0.39, 0.29) is 0 Å². The molecule has 1 unspecified atom stereocenters. The van der Waals surface area contributed by atoms with Crippen LogP contribution in [0.5, 0.6) is 0 Å². The molecule has 0 heterocycles. The fraction of sp³-hybridized carbons (Fsp3) is 0.667. The minimum atomic E-state index is 0.297. The number of rotatable bonds is 7. The fourth-order valence-electron chi connectivity index (χ4n) is 2.94. The summed E-state index contributed by atoms with van der Waals surface area (Å²) in [6, 6.07) is 8.14. The van der Waals surface area contributed by atoms with Gasteiger partial charge in [-0.2, -0.15) is 0 Å². The predicted molar refractivity (Wildman–Crippen MR) is 86.2 cm³/mol. The molecule has 0 amide bonds. The molecule has 2 aliphatic rings. The van der Waals surface area contributed by atoms with Crippen LogP contribution in [0.25, 0.3) is 0 Å². The van der Waals surface area contributed by atoms with Gasteiger partial charge in [0.05, 0.1) is 0 Å². The van der Waals surface area contributed by atoms with E-state index in [2.05, 4.69) is 36.9 Å². The van der Waals surface area contributed by atoms with Crippen LogP contribution in [-0.2, 0) is 6.42 Å². The second-order valence-corrected chi connectivity index (χ2v) is 6.81. The van der Waals surface area contributed by atoms with Crippen LogP contribution in [0.15, 0.2) is 18.2 Å². The van der Waals surface area contributed by atoms with Gasteiger partial charge in [-0.15, -0.1) is 0 Å². The van der Waals surface area contributed by atoms with Gasteiger partial charge in [-0.3, -0.25) is 0 Å². The highest BCUT2D eigenvalue weighted by atomic mass is 15.2. The van der Waals surface area contributed by atoms with Gasteiger partial charge in [-0.1, -0.05) is 13.0 Å². The second-order valence-electron chi connectivity index (χ2n) is 6.81. The maximum atomic E-state index is 6.09. The molecule has 3 rings (SSSR count). The molecule has 2 fully saturated rings. The lowest BCUT2D eigenvalue weighted by Gasteiger charge is -2.26. The smallest absolute Gasteiger partial charge is 0.0371 e. The third-order valence-electron chi connectivity index (χ3n) is 4.80. The number of nitrogens with zero attached hydrogens (tertiary/aromatic N) is 1. The predicted octanol–water partition coefficient (Wildman–Crippen LogP) is 3.65. The van der Waals surface area contributed by atoms with Gasteiger partial charge < -0.3 is 10.6 Å². The number of benzene rings is 1. The maximum Gasteiger partial charge on any atom is 0.0371 e. The van der Waals surface area contributed by atoms with Crippen molar-refractivity contribution in [3.63, 3.8) is 0 Å². The largest absolute Gasteiger partial charge is 0.368 e. The first-order chi connectivity index (χ1) is 9.67. The van der Waals surface area contributed by atoms with Gasteiger partial charge >= 0.3 is 0 Å². The molecule has 20 heavy (non-hydrogen) atoms. The molecule has 0 aliphatic heterocycles. The summed E-state index contributed by atoms with van der Waals surface area (Å²) in [4.78, 5) is 2.66. The molecule has 1 aromatic rings. The zero-order valence-electron chi connectivity index (χ0n) is 12.9. The summed E-state index contributed by atoms with van der Waals surface area (Å²) in [5, 5.41) is 0. The second kappa shape index (κ2) is 5.77. The van der Waals surface area contributed by atoms with E-state index in [1.165, 1.54) is 49.0 Å². The molecule has 110 valence electrons. The Hall–Kier alpha value is -1.02. The first-order valence-corrected chi connectivity index (χ1v) is 8.29. The van der Waals surface area contributed by atoms with Gasteiger partial charge in [0.25, 0.3) is 0 Å². The van der Waals surface area contributed by atoms with Gasteiger partial charge in [0.2, 0.25) is 0 Å². The summed E-state index contributed by atoms with van der Waals surface area (Å²) in [6.07, 6.45) is 7.70. The van der Waals surface area contributed by atoms with Crippen LogP contribution in [0.1, 0.15) is 50.2 Å². The minimum Gasteiger partial charge on any atom is -0.368 e. The van der Waals surface area contributed by atoms with Gasteiger partial charge in [0.15, 0.2) is 0 Å². The molecule has 2 aliphatic carbocycles. The first-order valence-electron chi connectivity index (χ1n) is 8.29. The summed E-state index contributed by atoms with van der Waals surface area (Å²) in [5.41, 5.74) is 10.4. The molecule has 1 aromatic carbocycles. The van der Waals surface area contributed by atoms with Crippen molar-refractivity contribution in [2.45, 2.75) is 64.5 Å². The average molecular weight is 272 g/mol. The van der Waals surface area contributed by atoms with Crippen molar-refractivity contribution in [1.29, 1.82) is 0 Å². The summed E-state index contributed by atoms with van der Waals surface area (Å²) in [7, 11) is 0. The molecule has 0 radical (unpaired) electrons. The first kappa shape index (κ1) is 13.9. The summed E-state index contributed by atoms with van der Waals surface area (Å²) >= 11 is 0. The Balaban J connectivity index is 1.73. The lowest BCUT2D eigenvalue weighted by molar-refractivity contribution is 0.644. The van der Waals surface area contributed by atoms with E-state index in [1.807, 2.05) is 0 Å². The number of nitrogens with two attached hydrogens (primary N) is 1. The fourth-order valence-corrected chi connectivity index (χ4v) is 2.94. The van der Waals surface area contributed by atoms with Crippen LogP contribution in [-0.4, -0.2) is 18.6 Å². The monoisotopic (exact) mass is 272 g/mol. The zero-order valence-corrected chi connectivity index (χ0v) is 12.9. The quantitative estimate of drug-likeness (QED) is 0.821. The lowest BCUT2D eigenvalue weighted by atomic mass is 9.99. The molecule has 0 saturated heterocycles. The Morgan fingerprint density at radius 1 is 1.25 bits per heavy atom. The van der Waals surface area contributed by atoms with E-state index in [1.54, 1.807) is 0 Å². The Bertz CT molecular complexity index is 460. The van der Waals surface area contributed by atoms with Crippen molar-refractivity contribution >= 4 is 5.69 Å². The molecule has 2 saturated carbocycles. The lowest BCUT2D eigenvalue weighted by Crippen LogP contribution is -2.28. The molecule has 2 nitrogen and oxygen atoms in total. The van der Waals surface area contributed by atoms with E-state index in [0.29, 0.717) is 6.04 Å². The highest BCUT2D eigenvalue weighted by Crippen LogP contribution is 2.38. The van der Waals surface area contributed by atoms with Crippen LogP contribution in [0.3, 0.4) is 0 Å². The Kier molecular flexibility index (Phi) is 4.02. The van der Waals surface area contributed by atoms with Gasteiger partial charge in [-0.05, 0) is 74.6 Å². The number of aryl methyl sites for hydroxylation is 1. The molecular weight excluding hydrogens is 244 g/mol. The van der Waals surface area contributed by atoms with Crippen LogP contribution in [0.4, 0.5) is 5.69 Å². The minimum absolute atomic E-state index is 0.297. The van der Waals surface area contributed by atoms with Crippen LogP contribution >= 0.6 is 0 Å². The highest BCUT2D eigenvalue weighted by molar-refractivity contribution is 5.53. The van der Waals surface area contributed by atoms with Crippen molar-refractivity contribution in [1.82, 2.24) is 0 Å². The van der Waals surface area contributed by atoms with E-state index in [0.717, 1.165) is 24.8 Å². The van der Waals surface area contributed by atoms with Crippen LogP contribution < -0.4 is 10.6 Å². The summed E-state index contributed by atoms with van der Waals surface area (Å²) in [6.45, 7) is 5.68. The number of hydrogen-bond donors (Lipinski definition) is 1. The molecule has 1 atom stereocenters. The van der Waals surface area contributed by atoms with Crippen LogP contribution in [0, 0.1) is 12.8 Å². The Labute approximate surface area is 123 Å². The summed E-state index contributed by atoms with van der Waals surface area (Å²) < 4.78 is 0. The van der Waals surface area contributed by atoms with Crippen molar-refractivity contribution in [3.05, 3.63) is 29.3 Å². The van der Waals surface area contributed by atoms with Crippen molar-refractivity contribution < 1.29 is 0 Å². The Morgan fingerprint density at radius 3 is 2.55 bits per heavy atom. The molecule has 0 aromatic heterocycles. The van der Waals surface area contributed by atoms with E-state index < -0.39 is 0 Å². The van der Waals surface area contributed by atoms with Gasteiger partial charge in [0, 0.05) is 24.3 Å². The molecule has 2 N–H and O–H groups in total. The third-order valence-corrected chi connectivity index (χ3v) is 4.80. The average Bonchev–Trinajstić information content (AvgIpc) is 3.31. The summed E-state index contributed by atoms with van der Waals surface area (Å²) in [5.74, 6) is 0.962. The standard InChI is InChI=1S/C18H28N2/c1-3-16(19)11-15-6-7-18(10-13(15)2)20(17-8-9-17)12-14-4-5-14/h6-7,10,14,16-17H,3-5,8-9,11-12,19H2,1-2H3. The van der Waals surface area contributed by atoms with Crippen molar-refractivity contribution in [2.75, 3.05) is 11.4 Å². The van der Waals surface area contributed by atoms with E-state index in [9.17, 15) is 0 Å². The van der Waals surface area contributed by atoms with Crippen molar-refractivity contribution in [3.8, 4) is 0 Å². The van der Waals surface area contributed by atoms with E-state index >= 15 is 0 Å². The van der Waals surface area contributed by atoms with Crippen molar-refractivity contribution in [2.24, 2.45) is 11.7 Å². The van der Waals surface area contributed by atoms with Gasteiger partial charge in [0.1, 0.15) is 0 Å². The SMILES string of the molecule is CCC(N)Cc1ccc(N(CC2CC2)C2CC2)cc1C. The van der Waals surface area contributed by atoms with Crippen LogP contribution in [0.2, 0.25) is 0 Å². The number of hydrogen-bond acceptors (Lipinski definition) is 2. The van der Waals surface area contributed by atoms with Gasteiger partial charge in [-0.25, -0.2) is 0 Å². The maximum absolute atomic E-state index is 6.09. The number of anilines is 1. The normalized spacial score (nSPS) is 19.9. The molecule has 0 spiro atoms. The zero-order chi connectivity index (χ0) is 14.1. The molecule has 0 bridgehead atoms. The van der Waals surface area contributed by atoms with E-state index in [4.69, 9.17) is 5.73 Å². The third kappa shape index (κ3) is 3.35. The molecule has 2 heteroatoms.